The zero-order valence-corrected chi connectivity index (χ0v) is 13.6. The lowest BCUT2D eigenvalue weighted by Crippen LogP contribution is -2.61. The van der Waals surface area contributed by atoms with Crippen LogP contribution in [0.1, 0.15) is 59.1 Å². The third-order valence-electron chi connectivity index (χ3n) is 4.11. The van der Waals surface area contributed by atoms with Crippen molar-refractivity contribution in [3.05, 3.63) is 35.4 Å². The van der Waals surface area contributed by atoms with Gasteiger partial charge in [0, 0.05) is 28.7 Å². The summed E-state index contributed by atoms with van der Waals surface area (Å²) < 4.78 is 27.7. The largest absolute Gasteiger partial charge is 0.307 e. The molecule has 1 atom stereocenters. The van der Waals surface area contributed by atoms with Crippen LogP contribution in [0.3, 0.4) is 0 Å². The molecule has 118 valence electrons. The van der Waals surface area contributed by atoms with Crippen LogP contribution < -0.4 is 10.6 Å². The normalized spacial score (nSPS) is 23.0. The summed E-state index contributed by atoms with van der Waals surface area (Å²) in [5, 5.41) is 7.02. The minimum absolute atomic E-state index is 0.00686. The lowest BCUT2D eigenvalue weighted by atomic mass is 9.79. The summed E-state index contributed by atoms with van der Waals surface area (Å²) in [7, 11) is 0. The predicted molar refractivity (Wildman–Crippen MR) is 82.2 cm³/mol. The molecule has 1 heterocycles. The summed E-state index contributed by atoms with van der Waals surface area (Å²) in [4.78, 5) is 0. The van der Waals surface area contributed by atoms with Gasteiger partial charge in [-0.1, -0.05) is 6.07 Å². The number of rotatable bonds is 3. The van der Waals surface area contributed by atoms with Gasteiger partial charge in [0.05, 0.1) is 0 Å². The molecule has 1 fully saturated rings. The van der Waals surface area contributed by atoms with Gasteiger partial charge >= 0.3 is 0 Å². The molecule has 4 heteroatoms. The molecule has 1 saturated heterocycles. The van der Waals surface area contributed by atoms with Crippen LogP contribution in [-0.4, -0.2) is 17.1 Å². The third-order valence-corrected chi connectivity index (χ3v) is 4.11. The van der Waals surface area contributed by atoms with E-state index in [9.17, 15) is 8.78 Å². The summed E-state index contributed by atoms with van der Waals surface area (Å²) in [5.41, 5.74) is 0.145. The average molecular weight is 296 g/mol. The summed E-state index contributed by atoms with van der Waals surface area (Å²) in [6.45, 7) is 10.5. The molecule has 0 saturated carbocycles. The van der Waals surface area contributed by atoms with Crippen LogP contribution in [0.5, 0.6) is 0 Å². The monoisotopic (exact) mass is 296 g/mol. The SMILES string of the molecule is CC(NC1CC(C)(C)NC(C)(C)C1)c1c(F)cccc1F. The minimum atomic E-state index is -0.484. The van der Waals surface area contributed by atoms with Crippen LogP contribution in [0.4, 0.5) is 8.78 Å². The maximum atomic E-state index is 13.9. The van der Waals surface area contributed by atoms with Crippen molar-refractivity contribution in [1.29, 1.82) is 0 Å². The van der Waals surface area contributed by atoms with Gasteiger partial charge in [-0.2, -0.15) is 0 Å². The van der Waals surface area contributed by atoms with Crippen molar-refractivity contribution < 1.29 is 8.78 Å². The second kappa shape index (κ2) is 5.65. The fourth-order valence-corrected chi connectivity index (χ4v) is 3.80. The highest BCUT2D eigenvalue weighted by Gasteiger charge is 2.38. The van der Waals surface area contributed by atoms with Crippen LogP contribution in [0, 0.1) is 11.6 Å². The Morgan fingerprint density at radius 3 is 2.05 bits per heavy atom. The quantitative estimate of drug-likeness (QED) is 0.883. The zero-order valence-electron chi connectivity index (χ0n) is 13.6. The van der Waals surface area contributed by atoms with E-state index in [-0.39, 0.29) is 28.7 Å². The Balaban J connectivity index is 2.14. The second-order valence-electron chi connectivity index (χ2n) is 7.52. The molecule has 0 aromatic heterocycles. The van der Waals surface area contributed by atoms with Crippen molar-refractivity contribution in [2.45, 2.75) is 70.6 Å². The first-order valence-corrected chi connectivity index (χ1v) is 7.59. The van der Waals surface area contributed by atoms with Crippen LogP contribution in [0.2, 0.25) is 0 Å². The molecule has 1 aromatic carbocycles. The van der Waals surface area contributed by atoms with Gasteiger partial charge in [0.1, 0.15) is 11.6 Å². The molecular weight excluding hydrogens is 270 g/mol. The highest BCUT2D eigenvalue weighted by atomic mass is 19.1. The van der Waals surface area contributed by atoms with Crippen molar-refractivity contribution >= 4 is 0 Å². The average Bonchev–Trinajstić information content (AvgIpc) is 2.23. The van der Waals surface area contributed by atoms with Crippen molar-refractivity contribution in [3.63, 3.8) is 0 Å². The molecule has 0 radical (unpaired) electrons. The molecule has 1 unspecified atom stereocenters. The van der Waals surface area contributed by atoms with E-state index in [1.165, 1.54) is 18.2 Å². The molecule has 21 heavy (non-hydrogen) atoms. The number of piperidine rings is 1. The number of halogens is 2. The predicted octanol–water partition coefficient (Wildman–Crippen LogP) is 3.92. The fraction of sp³-hybridized carbons (Fsp3) is 0.647. The van der Waals surface area contributed by atoms with Gasteiger partial charge in [0.15, 0.2) is 0 Å². The van der Waals surface area contributed by atoms with Crippen LogP contribution in [0.25, 0.3) is 0 Å². The van der Waals surface area contributed by atoms with E-state index in [1.807, 2.05) is 6.92 Å². The summed E-state index contributed by atoms with van der Waals surface area (Å²) >= 11 is 0. The van der Waals surface area contributed by atoms with Crippen molar-refractivity contribution in [3.8, 4) is 0 Å². The summed E-state index contributed by atoms with van der Waals surface area (Å²) in [6, 6.07) is 3.91. The standard InChI is InChI=1S/C17H26F2N2/c1-11(15-13(18)7-6-8-14(15)19)20-12-9-16(2,3)21-17(4,5)10-12/h6-8,11-12,20-21H,9-10H2,1-5H3. The second-order valence-corrected chi connectivity index (χ2v) is 7.52. The van der Waals surface area contributed by atoms with Crippen LogP contribution >= 0.6 is 0 Å². The van der Waals surface area contributed by atoms with Crippen molar-refractivity contribution in [2.75, 3.05) is 0 Å². The molecule has 2 nitrogen and oxygen atoms in total. The maximum absolute atomic E-state index is 13.9. The Hall–Kier alpha value is -1.00. The summed E-state index contributed by atoms with van der Waals surface area (Å²) in [5.74, 6) is -0.968. The molecule has 1 aliphatic heterocycles. The van der Waals surface area contributed by atoms with E-state index in [0.717, 1.165) is 12.8 Å². The lowest BCUT2D eigenvalue weighted by molar-refractivity contribution is 0.140. The van der Waals surface area contributed by atoms with Gasteiger partial charge in [0.25, 0.3) is 0 Å². The number of hydrogen-bond donors (Lipinski definition) is 2. The lowest BCUT2D eigenvalue weighted by Gasteiger charge is -2.47. The Bertz CT molecular complexity index is 475. The molecule has 0 spiro atoms. The smallest absolute Gasteiger partial charge is 0.130 e. The van der Waals surface area contributed by atoms with Gasteiger partial charge < -0.3 is 10.6 Å². The van der Waals surface area contributed by atoms with Gasteiger partial charge in [-0.3, -0.25) is 0 Å². The highest BCUT2D eigenvalue weighted by molar-refractivity contribution is 5.23. The molecule has 0 bridgehead atoms. The van der Waals surface area contributed by atoms with Gasteiger partial charge in [-0.15, -0.1) is 0 Å². The Morgan fingerprint density at radius 2 is 1.57 bits per heavy atom. The molecular formula is C17H26F2N2. The van der Waals surface area contributed by atoms with Crippen molar-refractivity contribution in [2.24, 2.45) is 0 Å². The molecule has 2 N–H and O–H groups in total. The molecule has 0 amide bonds. The van der Waals surface area contributed by atoms with Gasteiger partial charge in [-0.25, -0.2) is 8.78 Å². The molecule has 2 rings (SSSR count). The van der Waals surface area contributed by atoms with Gasteiger partial charge in [-0.05, 0) is 59.6 Å². The van der Waals surface area contributed by atoms with Crippen LogP contribution in [-0.2, 0) is 0 Å². The molecule has 1 aromatic rings. The molecule has 1 aliphatic rings. The first-order chi connectivity index (χ1) is 9.60. The van der Waals surface area contributed by atoms with Crippen molar-refractivity contribution in [1.82, 2.24) is 10.6 Å². The Morgan fingerprint density at radius 1 is 1.10 bits per heavy atom. The van der Waals surface area contributed by atoms with E-state index in [4.69, 9.17) is 0 Å². The topological polar surface area (TPSA) is 24.1 Å². The number of hydrogen-bond acceptors (Lipinski definition) is 2. The molecule has 0 aliphatic carbocycles. The van der Waals surface area contributed by atoms with E-state index in [0.29, 0.717) is 0 Å². The third kappa shape index (κ3) is 4.01. The maximum Gasteiger partial charge on any atom is 0.130 e. The number of nitrogens with one attached hydrogen (secondary N) is 2. The van der Waals surface area contributed by atoms with E-state index in [1.54, 1.807) is 0 Å². The Kier molecular flexibility index (Phi) is 4.41. The van der Waals surface area contributed by atoms with Crippen LogP contribution in [0.15, 0.2) is 18.2 Å². The van der Waals surface area contributed by atoms with E-state index >= 15 is 0 Å². The minimum Gasteiger partial charge on any atom is -0.307 e. The summed E-state index contributed by atoms with van der Waals surface area (Å²) in [6.07, 6.45) is 1.85. The van der Waals surface area contributed by atoms with Gasteiger partial charge in [0.2, 0.25) is 0 Å². The van der Waals surface area contributed by atoms with E-state index in [2.05, 4.69) is 38.3 Å². The first kappa shape index (κ1) is 16.4. The number of benzene rings is 1. The first-order valence-electron chi connectivity index (χ1n) is 7.59. The Labute approximate surface area is 126 Å². The fourth-order valence-electron chi connectivity index (χ4n) is 3.80. The zero-order chi connectivity index (χ0) is 15.8. The van der Waals surface area contributed by atoms with E-state index < -0.39 is 11.6 Å². The highest BCUT2D eigenvalue weighted by Crippen LogP contribution is 2.30.